The molecule has 0 spiro atoms. The minimum Gasteiger partial charge on any atom is -0.354 e. The summed E-state index contributed by atoms with van der Waals surface area (Å²) in [4.78, 5) is 30.3. The Morgan fingerprint density at radius 2 is 1.80 bits per heavy atom. The van der Waals surface area contributed by atoms with Gasteiger partial charge in [0.1, 0.15) is 11.5 Å². The van der Waals surface area contributed by atoms with Gasteiger partial charge in [-0.2, -0.15) is 0 Å². The maximum absolute atomic E-state index is 12.9. The van der Waals surface area contributed by atoms with Gasteiger partial charge in [0.15, 0.2) is 0 Å². The van der Waals surface area contributed by atoms with Crippen LogP contribution in [0.25, 0.3) is 11.3 Å². The van der Waals surface area contributed by atoms with Crippen molar-refractivity contribution in [1.29, 1.82) is 0 Å². The third-order valence-corrected chi connectivity index (χ3v) is 6.49. The Labute approximate surface area is 209 Å². The molecule has 5 rings (SSSR count). The van der Waals surface area contributed by atoms with Crippen LogP contribution in [0.15, 0.2) is 73.3 Å². The van der Waals surface area contributed by atoms with Crippen molar-refractivity contribution >= 4 is 23.3 Å². The number of anilines is 1. The van der Waals surface area contributed by atoms with E-state index < -0.39 is 0 Å². The Bertz CT molecular complexity index is 1280. The fourth-order valence-corrected chi connectivity index (χ4v) is 4.41. The molecule has 0 bridgehead atoms. The Morgan fingerprint density at radius 3 is 2.49 bits per heavy atom. The van der Waals surface area contributed by atoms with E-state index >= 15 is 0 Å². The van der Waals surface area contributed by atoms with Crippen LogP contribution in [0.3, 0.4) is 0 Å². The first-order valence-electron chi connectivity index (χ1n) is 11.5. The van der Waals surface area contributed by atoms with Gasteiger partial charge in [-0.15, -0.1) is 0 Å². The number of amides is 1. The number of rotatable bonds is 6. The van der Waals surface area contributed by atoms with Crippen LogP contribution < -0.4 is 10.3 Å². The standard InChI is InChI=1S/C26H26ClN7O/c1-19-21(18-32-12-14-33(15-13-32)25-4-2-3-9-30-25)16-24(20-5-7-22(27)8-6-20)34(19)31-26(35)23-17-28-10-11-29-23/h2-11,16-17H,12-15,18H2,1H3,(H,31,35). The SMILES string of the molecule is Cc1c(CN2CCN(c3ccccn3)CC2)cc(-c2ccc(Cl)cc2)n1NC(=O)c1cnccn1. The van der Waals surface area contributed by atoms with Gasteiger partial charge in [0.2, 0.25) is 0 Å². The lowest BCUT2D eigenvalue weighted by Crippen LogP contribution is -2.46. The lowest BCUT2D eigenvalue weighted by molar-refractivity contribution is 0.100. The molecule has 3 aromatic heterocycles. The van der Waals surface area contributed by atoms with Gasteiger partial charge < -0.3 is 4.90 Å². The number of nitrogens with one attached hydrogen (secondary N) is 1. The fourth-order valence-electron chi connectivity index (χ4n) is 4.29. The zero-order valence-corrected chi connectivity index (χ0v) is 20.2. The first-order valence-corrected chi connectivity index (χ1v) is 11.9. The number of benzene rings is 1. The highest BCUT2D eigenvalue weighted by Gasteiger charge is 2.22. The van der Waals surface area contributed by atoms with Crippen molar-refractivity contribution in [1.82, 2.24) is 24.5 Å². The first kappa shape index (κ1) is 23.0. The summed E-state index contributed by atoms with van der Waals surface area (Å²) in [6, 6.07) is 15.8. The molecule has 178 valence electrons. The number of aromatic nitrogens is 4. The lowest BCUT2D eigenvalue weighted by atomic mass is 10.1. The number of halogens is 1. The van der Waals surface area contributed by atoms with Crippen LogP contribution in [0.1, 0.15) is 21.7 Å². The zero-order chi connectivity index (χ0) is 24.2. The first-order chi connectivity index (χ1) is 17.1. The highest BCUT2D eigenvalue weighted by molar-refractivity contribution is 6.30. The highest BCUT2D eigenvalue weighted by atomic mass is 35.5. The molecule has 4 aromatic rings. The van der Waals surface area contributed by atoms with Crippen LogP contribution in [0.5, 0.6) is 0 Å². The molecule has 0 atom stereocenters. The molecule has 1 amide bonds. The number of carbonyl (C=O) groups is 1. The van der Waals surface area contributed by atoms with E-state index in [1.165, 1.54) is 12.4 Å². The highest BCUT2D eigenvalue weighted by Crippen LogP contribution is 2.28. The van der Waals surface area contributed by atoms with Crippen LogP contribution >= 0.6 is 11.6 Å². The molecule has 4 heterocycles. The average molecular weight is 488 g/mol. The van der Waals surface area contributed by atoms with Crippen molar-refractivity contribution in [3.05, 3.63) is 95.3 Å². The Hall–Kier alpha value is -3.75. The second-order valence-electron chi connectivity index (χ2n) is 8.47. The molecule has 1 saturated heterocycles. The monoisotopic (exact) mass is 487 g/mol. The number of hydrogen-bond donors (Lipinski definition) is 1. The van der Waals surface area contributed by atoms with Gasteiger partial charge in [-0.1, -0.05) is 29.8 Å². The molecule has 1 aliphatic rings. The van der Waals surface area contributed by atoms with Crippen molar-refractivity contribution < 1.29 is 4.79 Å². The largest absolute Gasteiger partial charge is 0.354 e. The number of piperazine rings is 1. The fraction of sp³-hybridized carbons (Fsp3) is 0.231. The van der Waals surface area contributed by atoms with Crippen molar-refractivity contribution in [2.24, 2.45) is 0 Å². The van der Waals surface area contributed by atoms with Gasteiger partial charge in [-0.3, -0.25) is 24.8 Å². The summed E-state index contributed by atoms with van der Waals surface area (Å²) in [6.45, 7) is 6.52. The topological polar surface area (TPSA) is 79.2 Å². The maximum Gasteiger partial charge on any atom is 0.290 e. The van der Waals surface area contributed by atoms with E-state index in [0.717, 1.165) is 61.1 Å². The lowest BCUT2D eigenvalue weighted by Gasteiger charge is -2.35. The third kappa shape index (κ3) is 5.18. The van der Waals surface area contributed by atoms with E-state index in [4.69, 9.17) is 11.6 Å². The Kier molecular flexibility index (Phi) is 6.74. The number of pyridine rings is 1. The summed E-state index contributed by atoms with van der Waals surface area (Å²) in [5.41, 5.74) is 7.23. The molecule has 1 N–H and O–H groups in total. The molecule has 0 saturated carbocycles. The number of carbonyl (C=O) groups excluding carboxylic acids is 1. The van der Waals surface area contributed by atoms with E-state index in [9.17, 15) is 4.79 Å². The number of nitrogens with zero attached hydrogens (tertiary/aromatic N) is 6. The van der Waals surface area contributed by atoms with Gasteiger partial charge in [-0.25, -0.2) is 9.97 Å². The molecule has 1 aliphatic heterocycles. The third-order valence-electron chi connectivity index (χ3n) is 6.24. The number of hydrogen-bond acceptors (Lipinski definition) is 6. The molecule has 1 fully saturated rings. The summed E-state index contributed by atoms with van der Waals surface area (Å²) in [5, 5.41) is 0.665. The minimum absolute atomic E-state index is 0.259. The van der Waals surface area contributed by atoms with E-state index in [1.54, 1.807) is 6.20 Å². The summed E-state index contributed by atoms with van der Waals surface area (Å²) in [7, 11) is 0. The van der Waals surface area contributed by atoms with Crippen LogP contribution in [-0.4, -0.2) is 56.6 Å². The van der Waals surface area contributed by atoms with E-state index in [2.05, 4.69) is 42.3 Å². The van der Waals surface area contributed by atoms with E-state index in [0.29, 0.717) is 5.02 Å². The Morgan fingerprint density at radius 1 is 1.00 bits per heavy atom. The molecule has 8 nitrogen and oxygen atoms in total. The Balaban J connectivity index is 1.37. The molecule has 0 radical (unpaired) electrons. The van der Waals surface area contributed by atoms with Gasteiger partial charge in [-0.05, 0) is 42.8 Å². The predicted molar refractivity (Wildman–Crippen MR) is 137 cm³/mol. The van der Waals surface area contributed by atoms with Crippen LogP contribution in [0.4, 0.5) is 5.82 Å². The predicted octanol–water partition coefficient (Wildman–Crippen LogP) is 4.01. The van der Waals surface area contributed by atoms with Crippen molar-refractivity contribution in [2.75, 3.05) is 36.5 Å². The van der Waals surface area contributed by atoms with Crippen molar-refractivity contribution in [3.8, 4) is 11.3 Å². The zero-order valence-electron chi connectivity index (χ0n) is 19.4. The minimum atomic E-state index is -0.317. The molecule has 9 heteroatoms. The van der Waals surface area contributed by atoms with Gasteiger partial charge in [0, 0.05) is 67.6 Å². The van der Waals surface area contributed by atoms with Crippen LogP contribution in [0, 0.1) is 6.92 Å². The quantitative estimate of drug-likeness (QED) is 0.442. The second-order valence-corrected chi connectivity index (χ2v) is 8.90. The smallest absolute Gasteiger partial charge is 0.290 e. The van der Waals surface area contributed by atoms with E-state index in [1.807, 2.05) is 54.2 Å². The summed E-state index contributed by atoms with van der Waals surface area (Å²) in [6.07, 6.45) is 6.34. The van der Waals surface area contributed by atoms with Crippen LogP contribution in [0.2, 0.25) is 5.02 Å². The van der Waals surface area contributed by atoms with Crippen LogP contribution in [-0.2, 0) is 6.54 Å². The average Bonchev–Trinajstić information content (AvgIpc) is 3.20. The normalized spacial score (nSPS) is 14.2. The summed E-state index contributed by atoms with van der Waals surface area (Å²) < 4.78 is 1.83. The molecule has 1 aromatic carbocycles. The van der Waals surface area contributed by atoms with E-state index in [-0.39, 0.29) is 11.6 Å². The van der Waals surface area contributed by atoms with Gasteiger partial charge >= 0.3 is 0 Å². The van der Waals surface area contributed by atoms with Crippen molar-refractivity contribution in [2.45, 2.75) is 13.5 Å². The molecular weight excluding hydrogens is 462 g/mol. The second kappa shape index (κ2) is 10.2. The molecule has 0 aliphatic carbocycles. The summed E-state index contributed by atoms with van der Waals surface area (Å²) in [5.74, 6) is 0.703. The maximum atomic E-state index is 12.9. The van der Waals surface area contributed by atoms with Gasteiger partial charge in [0.05, 0.1) is 11.9 Å². The van der Waals surface area contributed by atoms with Gasteiger partial charge in [0.25, 0.3) is 5.91 Å². The molecular formula is C26H26ClN7O. The summed E-state index contributed by atoms with van der Waals surface area (Å²) >= 11 is 6.12. The molecule has 35 heavy (non-hydrogen) atoms. The molecule has 0 unspecified atom stereocenters. The van der Waals surface area contributed by atoms with Crippen molar-refractivity contribution in [3.63, 3.8) is 0 Å².